The second-order valence-electron chi connectivity index (χ2n) is 6.34. The van der Waals surface area contributed by atoms with Crippen LogP contribution >= 0.6 is 11.6 Å². The zero-order valence-electron chi connectivity index (χ0n) is 15.9. The zero-order valence-corrected chi connectivity index (χ0v) is 16.6. The smallest absolute Gasteiger partial charge is 0.244 e. The Morgan fingerprint density at radius 3 is 2.52 bits per heavy atom. The Morgan fingerprint density at radius 1 is 1.19 bits per heavy atom. The SMILES string of the molecule is CCCC(C(=O)N(C)CC(=O)Nc1cc(Cl)ccc1OC)c1ccccc1. The quantitative estimate of drug-likeness (QED) is 0.732. The third-order valence-electron chi connectivity index (χ3n) is 4.27. The number of benzene rings is 2. The highest BCUT2D eigenvalue weighted by molar-refractivity contribution is 6.31. The molecule has 0 heterocycles. The van der Waals surface area contributed by atoms with Crippen molar-refractivity contribution in [1.82, 2.24) is 4.90 Å². The summed E-state index contributed by atoms with van der Waals surface area (Å²) in [7, 11) is 3.16. The average Bonchev–Trinajstić information content (AvgIpc) is 2.66. The minimum atomic E-state index is -0.310. The van der Waals surface area contributed by atoms with Gasteiger partial charge in [-0.1, -0.05) is 55.3 Å². The number of rotatable bonds is 8. The van der Waals surface area contributed by atoms with E-state index in [0.29, 0.717) is 16.5 Å². The molecule has 2 aromatic carbocycles. The molecular formula is C21H25ClN2O3. The van der Waals surface area contributed by atoms with Crippen molar-refractivity contribution >= 4 is 29.1 Å². The number of halogens is 1. The van der Waals surface area contributed by atoms with Crippen LogP contribution in [0.2, 0.25) is 5.02 Å². The number of hydrogen-bond acceptors (Lipinski definition) is 3. The molecule has 1 atom stereocenters. The van der Waals surface area contributed by atoms with E-state index in [1.54, 1.807) is 25.2 Å². The maximum Gasteiger partial charge on any atom is 0.244 e. The number of amides is 2. The first-order valence-corrected chi connectivity index (χ1v) is 9.27. The molecule has 0 fully saturated rings. The first kappa shape index (κ1) is 20.8. The van der Waals surface area contributed by atoms with Crippen LogP contribution in [0.15, 0.2) is 48.5 Å². The van der Waals surface area contributed by atoms with Crippen molar-refractivity contribution < 1.29 is 14.3 Å². The van der Waals surface area contributed by atoms with E-state index in [0.717, 1.165) is 18.4 Å². The second-order valence-corrected chi connectivity index (χ2v) is 6.78. The van der Waals surface area contributed by atoms with Crippen LogP contribution in [0.1, 0.15) is 31.2 Å². The van der Waals surface area contributed by atoms with Gasteiger partial charge in [-0.2, -0.15) is 0 Å². The molecule has 0 aliphatic heterocycles. The molecule has 6 heteroatoms. The van der Waals surface area contributed by atoms with Gasteiger partial charge in [0, 0.05) is 12.1 Å². The van der Waals surface area contributed by atoms with E-state index in [2.05, 4.69) is 5.32 Å². The number of nitrogens with zero attached hydrogens (tertiary/aromatic N) is 1. The summed E-state index contributed by atoms with van der Waals surface area (Å²) in [5.74, 6) is -0.129. The fraction of sp³-hybridized carbons (Fsp3) is 0.333. The lowest BCUT2D eigenvalue weighted by Gasteiger charge is -2.24. The largest absolute Gasteiger partial charge is 0.495 e. The fourth-order valence-electron chi connectivity index (χ4n) is 2.93. The van der Waals surface area contributed by atoms with Gasteiger partial charge in [0.1, 0.15) is 5.75 Å². The summed E-state index contributed by atoms with van der Waals surface area (Å²) in [5.41, 5.74) is 1.44. The van der Waals surface area contributed by atoms with Crippen LogP contribution in [0.4, 0.5) is 5.69 Å². The predicted molar refractivity (Wildman–Crippen MR) is 108 cm³/mol. The molecule has 2 aromatic rings. The number of anilines is 1. The normalized spacial score (nSPS) is 11.6. The van der Waals surface area contributed by atoms with Gasteiger partial charge in [0.2, 0.25) is 11.8 Å². The van der Waals surface area contributed by atoms with Gasteiger partial charge in [-0.3, -0.25) is 9.59 Å². The zero-order chi connectivity index (χ0) is 19.8. The summed E-state index contributed by atoms with van der Waals surface area (Å²) in [6.45, 7) is 1.99. The molecule has 2 rings (SSSR count). The molecule has 0 saturated heterocycles. The molecule has 0 aromatic heterocycles. The molecule has 0 bridgehead atoms. The Balaban J connectivity index is 2.06. The topological polar surface area (TPSA) is 58.6 Å². The van der Waals surface area contributed by atoms with Crippen LogP contribution in [0, 0.1) is 0 Å². The number of hydrogen-bond donors (Lipinski definition) is 1. The third kappa shape index (κ3) is 5.73. The van der Waals surface area contributed by atoms with Gasteiger partial charge in [0.05, 0.1) is 25.3 Å². The van der Waals surface area contributed by atoms with Crippen LogP contribution in [0.25, 0.3) is 0 Å². The van der Waals surface area contributed by atoms with E-state index in [4.69, 9.17) is 16.3 Å². The van der Waals surface area contributed by atoms with Gasteiger partial charge >= 0.3 is 0 Å². The van der Waals surface area contributed by atoms with Crippen LogP contribution in [-0.2, 0) is 9.59 Å². The molecule has 1 unspecified atom stereocenters. The van der Waals surface area contributed by atoms with Gasteiger partial charge in [0.25, 0.3) is 0 Å². The lowest BCUT2D eigenvalue weighted by molar-refractivity contribution is -0.134. The Labute approximate surface area is 165 Å². The van der Waals surface area contributed by atoms with Gasteiger partial charge in [-0.05, 0) is 30.2 Å². The number of carbonyl (C=O) groups is 2. The lowest BCUT2D eigenvalue weighted by Crippen LogP contribution is -2.38. The van der Waals surface area contributed by atoms with E-state index in [9.17, 15) is 9.59 Å². The molecule has 0 radical (unpaired) electrons. The lowest BCUT2D eigenvalue weighted by atomic mass is 9.93. The van der Waals surface area contributed by atoms with Crippen LogP contribution in [0.5, 0.6) is 5.75 Å². The Morgan fingerprint density at radius 2 is 1.89 bits per heavy atom. The van der Waals surface area contributed by atoms with E-state index in [1.807, 2.05) is 37.3 Å². The Kier molecular flexibility index (Phi) is 7.67. The highest BCUT2D eigenvalue weighted by Crippen LogP contribution is 2.28. The van der Waals surface area contributed by atoms with Gasteiger partial charge in [0.15, 0.2) is 0 Å². The summed E-state index contributed by atoms with van der Waals surface area (Å²) in [5, 5.41) is 3.25. The number of methoxy groups -OCH3 is 1. The van der Waals surface area contributed by atoms with Crippen molar-refractivity contribution in [2.45, 2.75) is 25.7 Å². The minimum Gasteiger partial charge on any atom is -0.495 e. The summed E-state index contributed by atoms with van der Waals surface area (Å²) in [6, 6.07) is 14.6. The van der Waals surface area contributed by atoms with Gasteiger partial charge < -0.3 is 15.0 Å². The van der Waals surface area contributed by atoms with E-state index in [-0.39, 0.29) is 24.3 Å². The minimum absolute atomic E-state index is 0.0540. The summed E-state index contributed by atoms with van der Waals surface area (Å²) >= 11 is 5.99. The van der Waals surface area contributed by atoms with Crippen molar-refractivity contribution in [2.24, 2.45) is 0 Å². The standard InChI is InChI=1S/C21H25ClN2O3/c1-4-8-17(15-9-6-5-7-10-15)21(26)24(2)14-20(25)23-18-13-16(22)11-12-19(18)27-3/h5-7,9-13,17H,4,8,14H2,1-3H3,(H,23,25). The maximum absolute atomic E-state index is 12.9. The predicted octanol–water partition coefficient (Wildman–Crippen LogP) is 4.33. The van der Waals surface area contributed by atoms with Crippen molar-refractivity contribution in [3.05, 3.63) is 59.1 Å². The molecule has 2 amide bonds. The molecule has 144 valence electrons. The first-order valence-electron chi connectivity index (χ1n) is 8.89. The van der Waals surface area contributed by atoms with Crippen LogP contribution in [-0.4, -0.2) is 37.4 Å². The summed E-state index contributed by atoms with van der Waals surface area (Å²) in [6.07, 6.45) is 1.61. The van der Waals surface area contributed by atoms with Crippen molar-refractivity contribution in [3.8, 4) is 5.75 Å². The molecule has 0 spiro atoms. The monoisotopic (exact) mass is 388 g/mol. The van der Waals surface area contributed by atoms with Crippen LogP contribution < -0.4 is 10.1 Å². The highest BCUT2D eigenvalue weighted by Gasteiger charge is 2.24. The van der Waals surface area contributed by atoms with E-state index < -0.39 is 0 Å². The maximum atomic E-state index is 12.9. The van der Waals surface area contributed by atoms with Gasteiger partial charge in [-0.15, -0.1) is 0 Å². The van der Waals surface area contributed by atoms with Crippen molar-refractivity contribution in [3.63, 3.8) is 0 Å². The second kappa shape index (κ2) is 9.97. The Bertz CT molecular complexity index is 780. The van der Waals surface area contributed by atoms with Gasteiger partial charge in [-0.25, -0.2) is 0 Å². The number of nitrogens with one attached hydrogen (secondary N) is 1. The Hall–Kier alpha value is -2.53. The first-order chi connectivity index (χ1) is 13.0. The summed E-state index contributed by atoms with van der Waals surface area (Å²) < 4.78 is 5.23. The highest BCUT2D eigenvalue weighted by atomic mass is 35.5. The number of carbonyl (C=O) groups excluding carboxylic acids is 2. The fourth-order valence-corrected chi connectivity index (χ4v) is 3.11. The molecular weight excluding hydrogens is 364 g/mol. The molecule has 1 N–H and O–H groups in total. The molecule has 5 nitrogen and oxygen atoms in total. The number of likely N-dealkylation sites (N-methyl/N-ethyl adjacent to an activating group) is 1. The average molecular weight is 389 g/mol. The molecule has 27 heavy (non-hydrogen) atoms. The van der Waals surface area contributed by atoms with Crippen LogP contribution in [0.3, 0.4) is 0 Å². The third-order valence-corrected chi connectivity index (χ3v) is 4.51. The molecule has 0 aliphatic rings. The van der Waals surface area contributed by atoms with E-state index >= 15 is 0 Å². The summed E-state index contributed by atoms with van der Waals surface area (Å²) in [4.78, 5) is 26.8. The molecule has 0 aliphatic carbocycles. The molecule has 0 saturated carbocycles. The van der Waals surface area contributed by atoms with Crippen molar-refractivity contribution in [1.29, 1.82) is 0 Å². The van der Waals surface area contributed by atoms with E-state index in [1.165, 1.54) is 12.0 Å². The number of ether oxygens (including phenoxy) is 1. The van der Waals surface area contributed by atoms with Crippen molar-refractivity contribution in [2.75, 3.05) is 26.0 Å².